The molecule has 0 radical (unpaired) electrons. The van der Waals surface area contributed by atoms with Gasteiger partial charge in [-0.15, -0.1) is 0 Å². The van der Waals surface area contributed by atoms with E-state index in [9.17, 15) is 10.5 Å². The summed E-state index contributed by atoms with van der Waals surface area (Å²) in [6.07, 6.45) is 0. The fraction of sp³-hybridized carbons (Fsp3) is 0. The van der Waals surface area contributed by atoms with Crippen LogP contribution in [0.2, 0.25) is 0 Å². The molecule has 8 aromatic carbocycles. The predicted octanol–water partition coefficient (Wildman–Crippen LogP) is 12.4. The van der Waals surface area contributed by atoms with Crippen molar-refractivity contribution < 1.29 is 0 Å². The van der Waals surface area contributed by atoms with Gasteiger partial charge < -0.3 is 4.57 Å². The van der Waals surface area contributed by atoms with Crippen LogP contribution >= 0.6 is 0 Å². The minimum absolute atomic E-state index is 0.522. The largest absolute Gasteiger partial charge is 0.308 e. The van der Waals surface area contributed by atoms with Crippen molar-refractivity contribution >= 4 is 49.0 Å². The molecule has 0 unspecified atom stereocenters. The molecule has 0 saturated heterocycles. The molecular weight excluding hydrogens is 621 g/mol. The van der Waals surface area contributed by atoms with Gasteiger partial charge in [0.15, 0.2) is 5.69 Å². The van der Waals surface area contributed by atoms with E-state index >= 15 is 0 Å². The van der Waals surface area contributed by atoms with Gasteiger partial charge in [-0.1, -0.05) is 115 Å². The summed E-state index contributed by atoms with van der Waals surface area (Å²) in [6, 6.07) is 58.4. The quantitative estimate of drug-likeness (QED) is 0.141. The lowest BCUT2D eigenvalue weighted by Gasteiger charge is -2.18. The zero-order chi connectivity index (χ0) is 34.5. The molecule has 1 heterocycles. The third-order valence-corrected chi connectivity index (χ3v) is 9.87. The Labute approximate surface area is 294 Å². The number of hydrogen-bond donors (Lipinski definition) is 0. The van der Waals surface area contributed by atoms with Gasteiger partial charge in [-0.25, -0.2) is 4.85 Å². The summed E-state index contributed by atoms with van der Waals surface area (Å²) in [6.45, 7) is 7.58. The van der Waals surface area contributed by atoms with E-state index in [1.807, 2.05) is 36.4 Å². The van der Waals surface area contributed by atoms with Crippen molar-refractivity contribution in [1.82, 2.24) is 4.57 Å². The van der Waals surface area contributed by atoms with Crippen molar-refractivity contribution in [2.45, 2.75) is 0 Å². The lowest BCUT2D eigenvalue weighted by Crippen LogP contribution is -1.98. The minimum atomic E-state index is 0.522. The first-order valence-corrected chi connectivity index (χ1v) is 16.7. The maximum Gasteiger partial charge on any atom is 0.188 e. The smallest absolute Gasteiger partial charge is 0.188 e. The molecule has 9 rings (SSSR count). The second kappa shape index (κ2) is 11.9. The maximum atomic E-state index is 10.3. The SMILES string of the molecule is [C-]#[N+]c1ccc2c(c1)c1cc(C#N)ccc1n2-c1cc(-c2ccc(-c3c4ccccc4c(-c4ccccc4)c4ccccc34)cc2)ccc1C#N. The Morgan fingerprint density at radius 2 is 0.980 bits per heavy atom. The van der Waals surface area contributed by atoms with Gasteiger partial charge in [0.2, 0.25) is 0 Å². The highest BCUT2D eigenvalue weighted by atomic mass is 15.0. The van der Waals surface area contributed by atoms with E-state index in [4.69, 9.17) is 6.57 Å². The van der Waals surface area contributed by atoms with Gasteiger partial charge in [0.05, 0.1) is 40.5 Å². The van der Waals surface area contributed by atoms with Crippen LogP contribution < -0.4 is 0 Å². The van der Waals surface area contributed by atoms with Crippen molar-refractivity contribution in [3.63, 3.8) is 0 Å². The molecule has 0 aliphatic carbocycles. The molecule has 0 aliphatic heterocycles. The van der Waals surface area contributed by atoms with Crippen LogP contribution in [0.4, 0.5) is 5.69 Å². The standard InChI is InChI=1S/C47H26N4/c1-50-36-22-24-44-42(27-36)41-25-30(28-48)15-23-43(41)51(44)45-26-34(20-21-35(45)29-49)31-16-18-33(19-17-31)47-39-13-7-5-11-37(39)46(32-9-3-2-4-10-32)38-12-6-8-14-40(38)47/h2-27H. The van der Waals surface area contributed by atoms with Crippen molar-refractivity contribution in [3.8, 4) is 51.2 Å². The number of nitriles is 2. The van der Waals surface area contributed by atoms with E-state index in [2.05, 4.69) is 131 Å². The van der Waals surface area contributed by atoms with Crippen LogP contribution in [0.1, 0.15) is 11.1 Å². The number of hydrogen-bond acceptors (Lipinski definition) is 2. The summed E-state index contributed by atoms with van der Waals surface area (Å²) in [4.78, 5) is 3.64. The Balaban J connectivity index is 1.21. The van der Waals surface area contributed by atoms with E-state index < -0.39 is 0 Å². The topological polar surface area (TPSA) is 56.9 Å². The van der Waals surface area contributed by atoms with E-state index in [0.29, 0.717) is 16.8 Å². The van der Waals surface area contributed by atoms with E-state index in [1.165, 1.54) is 38.2 Å². The lowest BCUT2D eigenvalue weighted by molar-refractivity contribution is 1.17. The van der Waals surface area contributed by atoms with Crippen molar-refractivity contribution in [2.75, 3.05) is 0 Å². The van der Waals surface area contributed by atoms with Crippen LogP contribution in [0.3, 0.4) is 0 Å². The van der Waals surface area contributed by atoms with Gasteiger partial charge >= 0.3 is 0 Å². The van der Waals surface area contributed by atoms with Gasteiger partial charge in [-0.3, -0.25) is 0 Å². The molecule has 4 nitrogen and oxygen atoms in total. The summed E-state index contributed by atoms with van der Waals surface area (Å²) in [7, 11) is 0. The van der Waals surface area contributed by atoms with Crippen LogP contribution in [-0.4, -0.2) is 4.57 Å². The second-order valence-electron chi connectivity index (χ2n) is 12.6. The molecule has 0 N–H and O–H groups in total. The summed E-state index contributed by atoms with van der Waals surface area (Å²) in [5.74, 6) is 0. The monoisotopic (exact) mass is 646 g/mol. The Morgan fingerprint density at radius 3 is 1.57 bits per heavy atom. The molecule has 0 amide bonds. The van der Waals surface area contributed by atoms with Gasteiger partial charge in [0.25, 0.3) is 0 Å². The molecule has 234 valence electrons. The summed E-state index contributed by atoms with van der Waals surface area (Å²) >= 11 is 0. The Morgan fingerprint density at radius 1 is 0.451 bits per heavy atom. The second-order valence-corrected chi connectivity index (χ2v) is 12.6. The summed E-state index contributed by atoms with van der Waals surface area (Å²) in [5, 5.41) is 26.5. The first kappa shape index (κ1) is 29.7. The molecule has 4 heteroatoms. The molecule has 51 heavy (non-hydrogen) atoms. The average molecular weight is 647 g/mol. The first-order chi connectivity index (χ1) is 25.2. The fourth-order valence-corrected chi connectivity index (χ4v) is 7.59. The van der Waals surface area contributed by atoms with Crippen LogP contribution in [0.25, 0.3) is 87.3 Å². The first-order valence-electron chi connectivity index (χ1n) is 16.7. The number of benzene rings is 8. The highest BCUT2D eigenvalue weighted by molar-refractivity contribution is 6.21. The predicted molar refractivity (Wildman–Crippen MR) is 208 cm³/mol. The van der Waals surface area contributed by atoms with Crippen LogP contribution in [-0.2, 0) is 0 Å². The van der Waals surface area contributed by atoms with Gasteiger partial charge in [-0.05, 0) is 103 Å². The number of aromatic nitrogens is 1. The Hall–Kier alpha value is -7.45. The molecule has 0 atom stereocenters. The van der Waals surface area contributed by atoms with Gasteiger partial charge in [0, 0.05) is 5.39 Å². The highest BCUT2D eigenvalue weighted by Crippen LogP contribution is 2.44. The third kappa shape index (κ3) is 4.74. The van der Waals surface area contributed by atoms with E-state index in [0.717, 1.165) is 44.2 Å². The average Bonchev–Trinajstić information content (AvgIpc) is 3.52. The molecule has 0 aliphatic rings. The van der Waals surface area contributed by atoms with Crippen molar-refractivity contribution in [1.29, 1.82) is 10.5 Å². The number of rotatable bonds is 4. The van der Waals surface area contributed by atoms with Crippen LogP contribution in [0, 0.1) is 29.2 Å². The Bertz CT molecular complexity index is 2860. The zero-order valence-electron chi connectivity index (χ0n) is 27.3. The lowest BCUT2D eigenvalue weighted by atomic mass is 9.86. The molecule has 0 fully saturated rings. The van der Waals surface area contributed by atoms with E-state index in [-0.39, 0.29) is 0 Å². The summed E-state index contributed by atoms with van der Waals surface area (Å²) < 4.78 is 2.07. The van der Waals surface area contributed by atoms with Gasteiger partial charge in [-0.2, -0.15) is 10.5 Å². The molecule has 0 bridgehead atoms. The summed E-state index contributed by atoms with van der Waals surface area (Å²) in [5.41, 5.74) is 10.9. The van der Waals surface area contributed by atoms with Gasteiger partial charge in [0.1, 0.15) is 6.07 Å². The molecular formula is C47H26N4. The molecule has 9 aromatic rings. The molecule has 0 spiro atoms. The van der Waals surface area contributed by atoms with Crippen LogP contribution in [0.15, 0.2) is 158 Å². The third-order valence-electron chi connectivity index (χ3n) is 9.87. The molecule has 1 aromatic heterocycles. The maximum absolute atomic E-state index is 10.3. The van der Waals surface area contributed by atoms with Crippen LogP contribution in [0.5, 0.6) is 0 Å². The minimum Gasteiger partial charge on any atom is -0.308 e. The zero-order valence-corrected chi connectivity index (χ0v) is 27.3. The highest BCUT2D eigenvalue weighted by Gasteiger charge is 2.19. The number of fused-ring (bicyclic) bond motifs is 5. The van der Waals surface area contributed by atoms with E-state index in [1.54, 1.807) is 12.1 Å². The normalized spacial score (nSPS) is 11.1. The fourth-order valence-electron chi connectivity index (χ4n) is 7.59. The van der Waals surface area contributed by atoms with Crippen molar-refractivity contribution in [3.05, 3.63) is 180 Å². The molecule has 0 saturated carbocycles. The van der Waals surface area contributed by atoms with Crippen molar-refractivity contribution in [2.24, 2.45) is 0 Å². The Kier molecular flexibility index (Phi) is 6.93. The number of nitrogens with zero attached hydrogens (tertiary/aromatic N) is 4.